The molecule has 0 saturated heterocycles. The molecule has 0 atom stereocenters. The number of nitrogens with two attached hydrogens (primary N) is 1. The van der Waals surface area contributed by atoms with Crippen molar-refractivity contribution in [2.24, 2.45) is 5.73 Å². The van der Waals surface area contributed by atoms with Gasteiger partial charge in [0, 0.05) is 6.54 Å². The van der Waals surface area contributed by atoms with Crippen molar-refractivity contribution in [1.82, 2.24) is 9.88 Å². The van der Waals surface area contributed by atoms with Crippen LogP contribution < -0.4 is 5.73 Å². The fourth-order valence-electron chi connectivity index (χ4n) is 1.22. The van der Waals surface area contributed by atoms with E-state index >= 15 is 0 Å². The maximum Gasteiger partial charge on any atom is 0.276 e. The van der Waals surface area contributed by atoms with Crippen LogP contribution in [0.2, 0.25) is 0 Å². The van der Waals surface area contributed by atoms with E-state index in [2.05, 4.69) is 4.98 Å². The molecule has 1 rings (SSSR count). The minimum Gasteiger partial charge on any atom is -0.348 e. The second kappa shape index (κ2) is 5.82. The number of amides is 2. The smallest absolute Gasteiger partial charge is 0.276 e. The lowest BCUT2D eigenvalue weighted by molar-refractivity contribution is -0.116. The van der Waals surface area contributed by atoms with Crippen molar-refractivity contribution in [2.45, 2.75) is 6.42 Å². The summed E-state index contributed by atoms with van der Waals surface area (Å²) in [7, 11) is 0. The average Bonchev–Trinajstić information content (AvgIpc) is 2.78. The lowest BCUT2D eigenvalue weighted by atomic mass is 10.3. The first-order chi connectivity index (χ1) is 7.72. The van der Waals surface area contributed by atoms with E-state index in [0.29, 0.717) is 31.4 Å². The summed E-state index contributed by atoms with van der Waals surface area (Å²) in [6.07, 6.45) is 1.60. The number of nitrogens with zero attached hydrogens (tertiary/aromatic N) is 1. The van der Waals surface area contributed by atoms with Crippen molar-refractivity contribution in [3.05, 3.63) is 23.5 Å². The van der Waals surface area contributed by atoms with Crippen LogP contribution in [0.15, 0.2) is 12.1 Å². The molecule has 86 valence electrons. The number of hydrogen-bond acceptors (Lipinski definition) is 4. The summed E-state index contributed by atoms with van der Waals surface area (Å²) >= 11 is 0. The summed E-state index contributed by atoms with van der Waals surface area (Å²) in [5, 5.41) is 0. The predicted molar refractivity (Wildman–Crippen MR) is 57.0 cm³/mol. The lowest BCUT2D eigenvalue weighted by Crippen LogP contribution is -2.31. The Hall–Kier alpha value is -1.95. The van der Waals surface area contributed by atoms with E-state index in [1.807, 2.05) is 0 Å². The van der Waals surface area contributed by atoms with Crippen molar-refractivity contribution >= 4 is 18.6 Å². The Bertz CT molecular complexity index is 386. The molecule has 0 saturated carbocycles. The predicted octanol–water partition coefficient (Wildman–Crippen LogP) is -0.225. The Morgan fingerprint density at radius 1 is 1.44 bits per heavy atom. The Kier molecular flexibility index (Phi) is 4.41. The summed E-state index contributed by atoms with van der Waals surface area (Å²) in [4.78, 5) is 36.4. The zero-order valence-electron chi connectivity index (χ0n) is 8.68. The third-order valence-corrected chi connectivity index (χ3v) is 2.06. The molecule has 0 aliphatic carbocycles. The zero-order valence-corrected chi connectivity index (χ0v) is 8.68. The number of hydrogen-bond donors (Lipinski definition) is 2. The molecule has 0 unspecified atom stereocenters. The normalized spacial score (nSPS) is 9.81. The Morgan fingerprint density at radius 3 is 2.69 bits per heavy atom. The van der Waals surface area contributed by atoms with E-state index in [1.54, 1.807) is 0 Å². The molecule has 0 fully saturated rings. The van der Waals surface area contributed by atoms with E-state index in [1.165, 1.54) is 12.1 Å². The Balaban J connectivity index is 2.74. The standard InChI is InChI=1S/C10H13N3O3/c11-4-1-5-13(7-15)10(16)9-3-2-8(6-14)12-9/h2-3,6-7,12H,1,4-5,11H2. The highest BCUT2D eigenvalue weighted by atomic mass is 16.2. The summed E-state index contributed by atoms with van der Waals surface area (Å²) in [6.45, 7) is 0.677. The van der Waals surface area contributed by atoms with E-state index in [4.69, 9.17) is 5.73 Å². The summed E-state index contributed by atoms with van der Waals surface area (Å²) in [5.41, 5.74) is 5.80. The zero-order chi connectivity index (χ0) is 12.0. The number of nitrogens with one attached hydrogen (secondary N) is 1. The third-order valence-electron chi connectivity index (χ3n) is 2.06. The molecule has 2 amide bonds. The van der Waals surface area contributed by atoms with Crippen LogP contribution in [-0.2, 0) is 4.79 Å². The number of imide groups is 1. The van der Waals surface area contributed by atoms with Gasteiger partial charge in [0.05, 0.1) is 5.69 Å². The molecule has 0 spiro atoms. The maximum atomic E-state index is 11.7. The lowest BCUT2D eigenvalue weighted by Gasteiger charge is -2.13. The first kappa shape index (κ1) is 12.1. The molecular weight excluding hydrogens is 210 g/mol. The van der Waals surface area contributed by atoms with Crippen LogP contribution in [0.3, 0.4) is 0 Å². The van der Waals surface area contributed by atoms with Crippen LogP contribution in [0.25, 0.3) is 0 Å². The first-order valence-corrected chi connectivity index (χ1v) is 4.83. The number of aldehydes is 1. The number of carbonyl (C=O) groups is 3. The van der Waals surface area contributed by atoms with Gasteiger partial charge in [0.2, 0.25) is 6.41 Å². The molecule has 0 aromatic carbocycles. The average molecular weight is 223 g/mol. The molecule has 0 aliphatic heterocycles. The van der Waals surface area contributed by atoms with E-state index in [9.17, 15) is 14.4 Å². The molecule has 0 bridgehead atoms. The van der Waals surface area contributed by atoms with E-state index < -0.39 is 5.91 Å². The van der Waals surface area contributed by atoms with Gasteiger partial charge in [-0.25, -0.2) is 0 Å². The fourth-order valence-corrected chi connectivity index (χ4v) is 1.22. The molecule has 1 aromatic rings. The Morgan fingerprint density at radius 2 is 2.19 bits per heavy atom. The fraction of sp³-hybridized carbons (Fsp3) is 0.300. The van der Waals surface area contributed by atoms with Crippen molar-refractivity contribution in [1.29, 1.82) is 0 Å². The highest BCUT2D eigenvalue weighted by molar-refractivity contribution is 5.99. The van der Waals surface area contributed by atoms with Crippen molar-refractivity contribution in [2.75, 3.05) is 13.1 Å². The van der Waals surface area contributed by atoms with Crippen LogP contribution >= 0.6 is 0 Å². The minimum absolute atomic E-state index is 0.214. The van der Waals surface area contributed by atoms with Gasteiger partial charge in [0.15, 0.2) is 6.29 Å². The topological polar surface area (TPSA) is 96.3 Å². The minimum atomic E-state index is -0.462. The van der Waals surface area contributed by atoms with Gasteiger partial charge >= 0.3 is 0 Å². The number of aromatic amines is 1. The highest BCUT2D eigenvalue weighted by Crippen LogP contribution is 2.03. The van der Waals surface area contributed by atoms with Gasteiger partial charge in [0.25, 0.3) is 5.91 Å². The summed E-state index contributed by atoms with van der Waals surface area (Å²) in [6, 6.07) is 2.94. The van der Waals surface area contributed by atoms with Gasteiger partial charge in [-0.2, -0.15) is 0 Å². The molecular formula is C10H13N3O3. The van der Waals surface area contributed by atoms with Gasteiger partial charge in [-0.3, -0.25) is 19.3 Å². The molecule has 3 N–H and O–H groups in total. The Labute approximate surface area is 92.4 Å². The highest BCUT2D eigenvalue weighted by Gasteiger charge is 2.15. The maximum absolute atomic E-state index is 11.7. The first-order valence-electron chi connectivity index (χ1n) is 4.83. The van der Waals surface area contributed by atoms with Crippen molar-refractivity contribution in [3.63, 3.8) is 0 Å². The van der Waals surface area contributed by atoms with Gasteiger partial charge in [-0.1, -0.05) is 0 Å². The largest absolute Gasteiger partial charge is 0.348 e. The second-order valence-corrected chi connectivity index (χ2v) is 3.19. The van der Waals surface area contributed by atoms with Gasteiger partial charge in [-0.05, 0) is 25.1 Å². The summed E-state index contributed by atoms with van der Waals surface area (Å²) in [5.74, 6) is -0.462. The molecule has 6 nitrogen and oxygen atoms in total. The van der Waals surface area contributed by atoms with Crippen LogP contribution in [-0.4, -0.2) is 41.6 Å². The van der Waals surface area contributed by atoms with Crippen LogP contribution in [0, 0.1) is 0 Å². The van der Waals surface area contributed by atoms with Gasteiger partial charge in [0.1, 0.15) is 5.69 Å². The van der Waals surface area contributed by atoms with Crippen LogP contribution in [0.4, 0.5) is 0 Å². The van der Waals surface area contributed by atoms with Crippen LogP contribution in [0.5, 0.6) is 0 Å². The number of rotatable bonds is 6. The molecule has 1 heterocycles. The quantitative estimate of drug-likeness (QED) is 0.651. The summed E-state index contributed by atoms with van der Waals surface area (Å²) < 4.78 is 0. The molecule has 0 aliphatic rings. The number of aromatic nitrogens is 1. The molecule has 16 heavy (non-hydrogen) atoms. The van der Waals surface area contributed by atoms with Gasteiger partial charge in [-0.15, -0.1) is 0 Å². The molecule has 1 aromatic heterocycles. The van der Waals surface area contributed by atoms with E-state index in [0.717, 1.165) is 4.90 Å². The SMILES string of the molecule is NCCCN(C=O)C(=O)c1ccc(C=O)[nH]1. The number of carbonyl (C=O) groups excluding carboxylic acids is 3. The molecule has 0 radical (unpaired) electrons. The van der Waals surface area contributed by atoms with E-state index in [-0.39, 0.29) is 12.2 Å². The van der Waals surface area contributed by atoms with Crippen LogP contribution in [0.1, 0.15) is 27.4 Å². The monoisotopic (exact) mass is 223 g/mol. The van der Waals surface area contributed by atoms with Crippen molar-refractivity contribution in [3.8, 4) is 0 Å². The van der Waals surface area contributed by atoms with Crippen molar-refractivity contribution < 1.29 is 14.4 Å². The second-order valence-electron chi connectivity index (χ2n) is 3.19. The van der Waals surface area contributed by atoms with Gasteiger partial charge < -0.3 is 10.7 Å². The number of H-pyrrole nitrogens is 1. The third kappa shape index (κ3) is 2.77. The molecule has 6 heteroatoms.